The molecule has 4 aromatic carbocycles. The first kappa shape index (κ1) is 112. The average Bonchev–Trinajstić information content (AvgIpc) is 1.67. The number of phenolic OH excluding ortho intramolecular Hbond substituents is 1. The number of Topliss-reactive ketones (excluding diaryl/α,β-unsaturated/α-hetero) is 2. The number of carbonyl (C=O) groups is 5. The summed E-state index contributed by atoms with van der Waals surface area (Å²) in [5.74, 6) is 1.54. The number of hydrogen-bond donors (Lipinski definition) is 3. The Morgan fingerprint density at radius 3 is 1.45 bits per heavy atom. The largest absolute Gasteiger partial charge is 1.00 e. The summed E-state index contributed by atoms with van der Waals surface area (Å²) in [6, 6.07) is 39.4. The molecule has 0 aliphatic carbocycles. The van der Waals surface area contributed by atoms with E-state index < -0.39 is 31.3 Å². The smallest absolute Gasteiger partial charge is 1.00 e. The molecule has 1 atom stereocenters. The Bertz CT molecular complexity index is 5120. The number of imidazole rings is 2. The Kier molecular flexibility index (Phi) is 52.2. The van der Waals surface area contributed by atoms with Crippen LogP contribution in [0.3, 0.4) is 0 Å². The first-order valence-electron chi connectivity index (χ1n) is 39.9. The van der Waals surface area contributed by atoms with Crippen molar-refractivity contribution in [2.75, 3.05) is 92.5 Å². The molecule has 3 fully saturated rings. The second-order valence-electron chi connectivity index (χ2n) is 27.6. The molecule has 688 valence electrons. The fourth-order valence-corrected chi connectivity index (χ4v) is 13.3. The van der Waals surface area contributed by atoms with Gasteiger partial charge in [0.1, 0.15) is 34.6 Å². The number of halogens is 8. The first-order valence-corrected chi connectivity index (χ1v) is 42.7. The first-order chi connectivity index (χ1) is 60.6. The molecule has 12 heterocycles. The number of nitrogens with one attached hydrogen (secondary N) is 2. The summed E-state index contributed by atoms with van der Waals surface area (Å²) in [4.78, 5) is 83.7. The summed E-state index contributed by atoms with van der Waals surface area (Å²) in [6.07, 6.45) is 22.0. The van der Waals surface area contributed by atoms with E-state index in [0.29, 0.717) is 141 Å². The fourth-order valence-electron chi connectivity index (χ4n) is 12.2. The van der Waals surface area contributed by atoms with Crippen LogP contribution in [0.4, 0.5) is 35.1 Å². The van der Waals surface area contributed by atoms with E-state index in [1.54, 1.807) is 66.9 Å². The number of allylic oxidation sites excluding steroid dienone is 2. The summed E-state index contributed by atoms with van der Waals surface area (Å²) in [6.45, 7) is 7.72. The van der Waals surface area contributed by atoms with Gasteiger partial charge in [-0.2, -0.15) is 52.0 Å². The van der Waals surface area contributed by atoms with Gasteiger partial charge in [0.2, 0.25) is 29.3 Å². The molecule has 7 aliphatic rings. The SMILES string of the molecule is C.Fc1ncccc1C1=CCCOCC1.Fc1ncccc1C1=CCOCCC1.O=C(c1ccc(O)cc1)c1nc2ccccc2[nH]1.O=C(c1ccc(Oc2ncccc2C2CCCOCC2)cc1)c1nc2ccccc2[nH]1.O=C1CCCOCC1.O=C1CCOCC1.O=CO[O-].O=S(=O)(OC1=CCCOCC1)C(F)(F)F.O=S(=O)(OC1=CCOCCC1)C(F)(F)F.[Cs+].[Cs+].[H-]. The van der Waals surface area contributed by atoms with Gasteiger partial charge in [-0.15, -0.1) is 0 Å². The van der Waals surface area contributed by atoms with Crippen molar-refractivity contribution in [1.82, 2.24) is 34.9 Å². The van der Waals surface area contributed by atoms with Crippen molar-refractivity contribution in [1.29, 1.82) is 0 Å². The average molecular weight is 2090 g/mol. The van der Waals surface area contributed by atoms with Gasteiger partial charge in [-0.1, -0.05) is 49.9 Å². The van der Waals surface area contributed by atoms with Gasteiger partial charge in [0, 0.05) is 118 Å². The maximum absolute atomic E-state index is 13.3. The number of aromatic nitrogens is 7. The zero-order valence-corrected chi connectivity index (χ0v) is 84.4. The van der Waals surface area contributed by atoms with Crippen molar-refractivity contribution in [2.24, 2.45) is 0 Å². The molecule has 0 amide bonds. The maximum atomic E-state index is 13.3. The number of rotatable bonds is 14. The van der Waals surface area contributed by atoms with Crippen LogP contribution in [0, 0.1) is 11.9 Å². The second kappa shape index (κ2) is 60.1. The Labute approximate surface area is 860 Å². The van der Waals surface area contributed by atoms with Crippen molar-refractivity contribution in [3.8, 4) is 17.4 Å². The van der Waals surface area contributed by atoms with E-state index in [2.05, 4.69) is 54.2 Å². The molecule has 16 rings (SSSR count). The topological polar surface area (TPSA) is 394 Å². The Morgan fingerprint density at radius 2 is 0.915 bits per heavy atom. The molecule has 41 heteroatoms. The minimum atomic E-state index is -5.54. The number of aromatic hydroxyl groups is 1. The van der Waals surface area contributed by atoms with Crippen LogP contribution in [-0.4, -0.2) is 190 Å². The van der Waals surface area contributed by atoms with Crippen molar-refractivity contribution >= 4 is 83.1 Å². The molecule has 9 aromatic rings. The van der Waals surface area contributed by atoms with Gasteiger partial charge >= 0.3 is 169 Å². The predicted octanol–water partition coefficient (Wildman–Crippen LogP) is 10.0. The van der Waals surface area contributed by atoms with Crippen LogP contribution in [-0.2, 0) is 81.0 Å². The van der Waals surface area contributed by atoms with Gasteiger partial charge in [-0.25, -0.2) is 24.9 Å². The molecular formula is C88H99Cs2F8N7O22S2. The number of para-hydroxylation sites is 4. The summed E-state index contributed by atoms with van der Waals surface area (Å²) in [7, 11) is -11.1. The maximum Gasteiger partial charge on any atom is 1.00 e. The van der Waals surface area contributed by atoms with Crippen LogP contribution in [0.15, 0.2) is 188 Å². The van der Waals surface area contributed by atoms with Gasteiger partial charge in [-0.3, -0.25) is 24.0 Å². The summed E-state index contributed by atoms with van der Waals surface area (Å²) in [5, 5.41) is 17.6. The van der Waals surface area contributed by atoms with Crippen LogP contribution >= 0.6 is 0 Å². The Hall–Kier alpha value is -7.30. The number of ketones is 4. The van der Waals surface area contributed by atoms with Crippen LogP contribution in [0.2, 0.25) is 0 Å². The van der Waals surface area contributed by atoms with E-state index in [1.165, 1.54) is 36.7 Å². The van der Waals surface area contributed by atoms with Gasteiger partial charge in [0.05, 0.1) is 81.5 Å². The molecular weight excluding hydrogens is 1990 g/mol. The van der Waals surface area contributed by atoms with E-state index >= 15 is 0 Å². The number of benzene rings is 4. The normalized spacial score (nSPS) is 16.6. The molecule has 29 nitrogen and oxygen atoms in total. The van der Waals surface area contributed by atoms with Crippen LogP contribution in [0.1, 0.15) is 167 Å². The Morgan fingerprint density at radius 1 is 0.481 bits per heavy atom. The van der Waals surface area contributed by atoms with Crippen LogP contribution in [0.5, 0.6) is 17.4 Å². The molecule has 0 saturated carbocycles. The monoisotopic (exact) mass is 2090 g/mol. The third kappa shape index (κ3) is 39.8. The summed E-state index contributed by atoms with van der Waals surface area (Å²) >= 11 is 0. The molecule has 3 N–H and O–H groups in total. The minimum absolute atomic E-state index is 0. The molecule has 129 heavy (non-hydrogen) atoms. The number of carbonyl (C=O) groups excluding carboxylic acids is 5. The number of alkyl halides is 6. The zero-order valence-electron chi connectivity index (χ0n) is 71.2. The van der Waals surface area contributed by atoms with E-state index in [4.69, 9.17) is 47.9 Å². The van der Waals surface area contributed by atoms with E-state index in [-0.39, 0.29) is 220 Å². The van der Waals surface area contributed by atoms with Gasteiger partial charge in [0.25, 0.3) is 6.47 Å². The number of nitrogens with zero attached hydrogens (tertiary/aromatic N) is 5. The molecule has 0 spiro atoms. The van der Waals surface area contributed by atoms with Gasteiger partial charge in [-0.05, 0) is 197 Å². The fraction of sp³-hybridized carbons (Fsp3) is 0.386. The molecule has 0 bridgehead atoms. The number of H-pyrrole nitrogens is 2. The van der Waals surface area contributed by atoms with E-state index in [0.717, 1.165) is 130 Å². The number of fused-ring (bicyclic) bond motifs is 2. The molecule has 0 radical (unpaired) electrons. The standard InChI is InChI=1S/C25H23N3O3.C14H10N2O2.2C11H12FNO.2C7H9F3O4S.C6H10O2.C5H8O2.CH2O3.CH4.2Cs.H/c29-23(24-27-21-7-1-2-8-22(21)28-24)18-9-11-19(12-10-18)31-25-20(6-3-14-26-25)17-5-4-15-30-16-13-17;17-10-7-5-9(6-8-10)13(18)14-15-11-3-1-2-4-12(11)16-14;2*12-11-10(4-1-6-13-11)9-3-2-7-14-8-5-9;2*8-7(9,10)15(11,12)14-6-2-1-4-13-5-3-6;7-6-2-1-4-8-5-3-6;6-5-1-3-7-4-2-5;2-1-4-3;;;;/h1-3,6-12,14,17H,4-5,13,15-16H2,(H,27,28);1-8,17H,(H,15,16);1,4-6H,2-3,7-8H2;1,3-4,6H,2,5,7-8H2;3H,1-2,4-5H2;2H,1,3-5H2;1-5H2;1-4H2;1,3H;1H4;;;/q;;;;;;;;;;2*+1;-1/p-1. The number of ether oxygens (including phenoxy) is 8. The molecule has 3 saturated heterocycles. The second-order valence-corrected chi connectivity index (χ2v) is 30.7. The predicted molar refractivity (Wildman–Crippen MR) is 448 cm³/mol. The van der Waals surface area contributed by atoms with Gasteiger partial charge in [0.15, 0.2) is 11.6 Å². The quantitative estimate of drug-likeness (QED) is 0.0133. The van der Waals surface area contributed by atoms with Crippen molar-refractivity contribution in [3.63, 3.8) is 0 Å². The number of hydrogen-bond acceptors (Lipinski definition) is 27. The van der Waals surface area contributed by atoms with Crippen LogP contribution < -0.4 is 148 Å². The van der Waals surface area contributed by atoms with Crippen molar-refractivity contribution in [2.45, 2.75) is 127 Å². The summed E-state index contributed by atoms with van der Waals surface area (Å²) < 4.78 is 190. The van der Waals surface area contributed by atoms with Crippen molar-refractivity contribution < 1.29 is 277 Å². The number of aromatic amines is 2. The third-order valence-corrected chi connectivity index (χ3v) is 20.6. The number of phenols is 1. The third-order valence-electron chi connectivity index (χ3n) is 18.6. The summed E-state index contributed by atoms with van der Waals surface area (Å²) in [5.41, 5.74) is -2.18. The zero-order chi connectivity index (χ0) is 90.6. The van der Waals surface area contributed by atoms with Gasteiger partial charge < -0.3 is 72.9 Å². The molecule has 5 aromatic heterocycles. The van der Waals surface area contributed by atoms with E-state index in [9.17, 15) is 76.2 Å². The Balaban J connectivity index is 0.000000319. The molecule has 1 unspecified atom stereocenters. The molecule has 7 aliphatic heterocycles. The minimum Gasteiger partial charge on any atom is -1.00 e. The van der Waals surface area contributed by atoms with E-state index in [1.807, 2.05) is 66.7 Å². The number of pyridine rings is 3. The van der Waals surface area contributed by atoms with Crippen molar-refractivity contribution in [3.05, 3.63) is 239 Å². The van der Waals surface area contributed by atoms with Crippen LogP contribution in [0.25, 0.3) is 33.2 Å².